The van der Waals surface area contributed by atoms with Gasteiger partial charge in [-0.2, -0.15) is 0 Å². The van der Waals surface area contributed by atoms with Crippen LogP contribution in [0.15, 0.2) is 12.1 Å². The molecule has 4 N–H and O–H groups in total. The Labute approximate surface area is 112 Å². The Bertz CT molecular complexity index is 440. The molecule has 0 amide bonds. The van der Waals surface area contributed by atoms with Gasteiger partial charge in [0.1, 0.15) is 0 Å². The van der Waals surface area contributed by atoms with E-state index < -0.39 is 5.82 Å². The Hall–Kier alpha value is -1.49. The molecule has 0 saturated heterocycles. The molecule has 1 aromatic rings. The number of anilines is 2. The first-order chi connectivity index (χ1) is 9.15. The number of nitrogens with one attached hydrogen (secondary N) is 1. The van der Waals surface area contributed by atoms with E-state index in [0.29, 0.717) is 11.4 Å². The molecular formula is C14H21FN2O2. The molecule has 0 aliphatic heterocycles. The van der Waals surface area contributed by atoms with Gasteiger partial charge in [-0.25, -0.2) is 4.39 Å². The molecule has 0 radical (unpaired) electrons. The Morgan fingerprint density at radius 1 is 1.42 bits per heavy atom. The van der Waals surface area contributed by atoms with Crippen LogP contribution in [-0.2, 0) is 0 Å². The van der Waals surface area contributed by atoms with E-state index >= 15 is 0 Å². The van der Waals surface area contributed by atoms with Gasteiger partial charge in [0.05, 0.1) is 18.5 Å². The molecule has 1 saturated carbocycles. The summed E-state index contributed by atoms with van der Waals surface area (Å²) in [6.07, 6.45) is 4.27. The Kier molecular flexibility index (Phi) is 4.47. The summed E-state index contributed by atoms with van der Waals surface area (Å²) in [7, 11) is 1.43. The fourth-order valence-corrected chi connectivity index (χ4v) is 2.67. The molecule has 2 rings (SSSR count). The lowest BCUT2D eigenvalue weighted by molar-refractivity contribution is 0.178. The van der Waals surface area contributed by atoms with Gasteiger partial charge in [0.25, 0.3) is 0 Å². The molecule has 1 fully saturated rings. The lowest BCUT2D eigenvalue weighted by Crippen LogP contribution is -2.34. The van der Waals surface area contributed by atoms with Crippen molar-refractivity contribution < 1.29 is 14.2 Å². The number of aliphatic hydroxyl groups is 1. The third kappa shape index (κ3) is 3.10. The molecule has 1 aromatic carbocycles. The Balaban J connectivity index is 2.17. The van der Waals surface area contributed by atoms with Crippen molar-refractivity contribution in [1.82, 2.24) is 0 Å². The number of ether oxygens (including phenoxy) is 1. The second-order valence-corrected chi connectivity index (χ2v) is 5.05. The van der Waals surface area contributed by atoms with Crippen molar-refractivity contribution in [3.63, 3.8) is 0 Å². The van der Waals surface area contributed by atoms with E-state index in [2.05, 4.69) is 5.32 Å². The van der Waals surface area contributed by atoms with Gasteiger partial charge in [0.2, 0.25) is 0 Å². The number of nitrogens with two attached hydrogens (primary N) is 1. The summed E-state index contributed by atoms with van der Waals surface area (Å²) in [4.78, 5) is 0. The van der Waals surface area contributed by atoms with Crippen LogP contribution in [0, 0.1) is 11.7 Å². The fraction of sp³-hybridized carbons (Fsp3) is 0.571. The van der Waals surface area contributed by atoms with Crippen molar-refractivity contribution in [2.45, 2.75) is 31.7 Å². The summed E-state index contributed by atoms with van der Waals surface area (Å²) in [5.41, 5.74) is 6.86. The highest BCUT2D eigenvalue weighted by atomic mass is 19.1. The minimum Gasteiger partial charge on any atom is -0.494 e. The summed E-state index contributed by atoms with van der Waals surface area (Å²) >= 11 is 0. The minimum atomic E-state index is -0.465. The molecule has 2 atom stereocenters. The zero-order valence-electron chi connectivity index (χ0n) is 11.2. The van der Waals surface area contributed by atoms with Crippen LogP contribution in [-0.4, -0.2) is 24.9 Å². The van der Waals surface area contributed by atoms with Crippen molar-refractivity contribution in [3.05, 3.63) is 17.9 Å². The van der Waals surface area contributed by atoms with Crippen LogP contribution in [0.4, 0.5) is 15.8 Å². The average molecular weight is 268 g/mol. The zero-order chi connectivity index (χ0) is 13.8. The zero-order valence-corrected chi connectivity index (χ0v) is 11.2. The quantitative estimate of drug-likeness (QED) is 0.733. The van der Waals surface area contributed by atoms with E-state index in [1.54, 1.807) is 6.07 Å². The molecule has 2 unspecified atom stereocenters. The van der Waals surface area contributed by atoms with Crippen molar-refractivity contribution in [2.75, 3.05) is 24.8 Å². The first-order valence-corrected chi connectivity index (χ1v) is 6.66. The highest BCUT2D eigenvalue weighted by Crippen LogP contribution is 2.32. The number of aliphatic hydroxyl groups excluding tert-OH is 1. The van der Waals surface area contributed by atoms with Crippen molar-refractivity contribution in [3.8, 4) is 5.75 Å². The van der Waals surface area contributed by atoms with Crippen LogP contribution < -0.4 is 15.8 Å². The van der Waals surface area contributed by atoms with Gasteiger partial charge in [-0.1, -0.05) is 12.8 Å². The maximum atomic E-state index is 13.5. The minimum absolute atomic E-state index is 0.163. The van der Waals surface area contributed by atoms with Gasteiger partial charge in [-0.05, 0) is 12.8 Å². The molecule has 1 aliphatic rings. The number of methoxy groups -OCH3 is 1. The molecule has 19 heavy (non-hydrogen) atoms. The first-order valence-electron chi connectivity index (χ1n) is 6.66. The van der Waals surface area contributed by atoms with Gasteiger partial charge in [-0.3, -0.25) is 0 Å². The predicted molar refractivity (Wildman–Crippen MR) is 73.8 cm³/mol. The maximum absolute atomic E-state index is 13.5. The van der Waals surface area contributed by atoms with Crippen molar-refractivity contribution >= 4 is 11.4 Å². The largest absolute Gasteiger partial charge is 0.494 e. The van der Waals surface area contributed by atoms with Crippen molar-refractivity contribution in [1.29, 1.82) is 0 Å². The molecule has 1 aliphatic carbocycles. The summed E-state index contributed by atoms with van der Waals surface area (Å²) in [5.74, 6) is -0.0647. The van der Waals surface area contributed by atoms with E-state index in [4.69, 9.17) is 10.5 Å². The number of benzene rings is 1. The van der Waals surface area contributed by atoms with Gasteiger partial charge >= 0.3 is 0 Å². The lowest BCUT2D eigenvalue weighted by atomic mass is 9.85. The van der Waals surface area contributed by atoms with Crippen LogP contribution in [0.2, 0.25) is 0 Å². The first kappa shape index (κ1) is 13.9. The van der Waals surface area contributed by atoms with E-state index in [1.807, 2.05) is 0 Å². The lowest BCUT2D eigenvalue weighted by Gasteiger charge is -2.32. The van der Waals surface area contributed by atoms with E-state index in [9.17, 15) is 9.50 Å². The number of hydrogen-bond donors (Lipinski definition) is 3. The average Bonchev–Trinajstić information content (AvgIpc) is 2.42. The maximum Gasteiger partial charge on any atom is 0.167 e. The molecular weight excluding hydrogens is 247 g/mol. The Morgan fingerprint density at radius 2 is 2.16 bits per heavy atom. The predicted octanol–water partition coefficient (Wildman–Crippen LogP) is 2.38. The molecule has 0 bridgehead atoms. The number of hydrogen-bond acceptors (Lipinski definition) is 4. The van der Waals surface area contributed by atoms with Gasteiger partial charge in [0.15, 0.2) is 11.6 Å². The monoisotopic (exact) mass is 268 g/mol. The smallest absolute Gasteiger partial charge is 0.167 e. The van der Waals surface area contributed by atoms with Crippen LogP contribution >= 0.6 is 0 Å². The highest BCUT2D eigenvalue weighted by Gasteiger charge is 2.25. The van der Waals surface area contributed by atoms with E-state index in [0.717, 1.165) is 25.7 Å². The fourth-order valence-electron chi connectivity index (χ4n) is 2.67. The normalized spacial score (nSPS) is 23.1. The van der Waals surface area contributed by atoms with Gasteiger partial charge < -0.3 is 20.9 Å². The second-order valence-electron chi connectivity index (χ2n) is 5.05. The highest BCUT2D eigenvalue weighted by molar-refractivity contribution is 5.69. The summed E-state index contributed by atoms with van der Waals surface area (Å²) in [5, 5.41) is 12.7. The molecule has 5 heteroatoms. The number of nitrogen functional groups attached to an aromatic ring is 1. The molecule has 0 heterocycles. The number of halogens is 1. The summed E-state index contributed by atoms with van der Waals surface area (Å²) in [6, 6.07) is 3.02. The van der Waals surface area contributed by atoms with E-state index in [-0.39, 0.29) is 24.3 Å². The molecule has 106 valence electrons. The van der Waals surface area contributed by atoms with Crippen LogP contribution in [0.3, 0.4) is 0 Å². The standard InChI is InChI=1S/C14H21FN2O2/c1-19-14-7-13(11(16)6-10(14)15)17-12-5-3-2-4-9(12)8-18/h6-7,9,12,17-18H,2-5,8,16H2,1H3. The molecule has 0 aromatic heterocycles. The van der Waals surface area contributed by atoms with Gasteiger partial charge in [0, 0.05) is 30.7 Å². The number of rotatable bonds is 4. The third-order valence-electron chi connectivity index (χ3n) is 3.81. The molecule has 4 nitrogen and oxygen atoms in total. The topological polar surface area (TPSA) is 67.5 Å². The Morgan fingerprint density at radius 3 is 2.84 bits per heavy atom. The van der Waals surface area contributed by atoms with Gasteiger partial charge in [-0.15, -0.1) is 0 Å². The SMILES string of the molecule is COc1cc(NC2CCCCC2CO)c(N)cc1F. The van der Waals surface area contributed by atoms with Crippen molar-refractivity contribution in [2.24, 2.45) is 5.92 Å². The second kappa shape index (κ2) is 6.10. The summed E-state index contributed by atoms with van der Waals surface area (Å²) in [6.45, 7) is 0.163. The molecule has 0 spiro atoms. The van der Waals surface area contributed by atoms with E-state index in [1.165, 1.54) is 13.2 Å². The van der Waals surface area contributed by atoms with Crippen LogP contribution in [0.5, 0.6) is 5.75 Å². The third-order valence-corrected chi connectivity index (χ3v) is 3.81. The summed E-state index contributed by atoms with van der Waals surface area (Å²) < 4.78 is 18.4. The van der Waals surface area contributed by atoms with Crippen LogP contribution in [0.1, 0.15) is 25.7 Å². The van der Waals surface area contributed by atoms with Crippen LogP contribution in [0.25, 0.3) is 0 Å².